The number of hydrogen-bond acceptors (Lipinski definition) is 4. The Hall–Kier alpha value is -1.98. The second kappa shape index (κ2) is 6.64. The summed E-state index contributed by atoms with van der Waals surface area (Å²) < 4.78 is 0. The maximum Gasteiger partial charge on any atom is 0.223 e. The molecular formula is C17H24N4O2. The minimum Gasteiger partial charge on any atom is -0.343 e. The normalized spacial score (nSPS) is 20.3. The number of aromatic nitrogens is 2. The maximum absolute atomic E-state index is 12.4. The van der Waals surface area contributed by atoms with Crippen LogP contribution in [-0.4, -0.2) is 57.8 Å². The zero-order chi connectivity index (χ0) is 16.3. The average Bonchev–Trinajstić information content (AvgIpc) is 2.89. The third kappa shape index (κ3) is 3.51. The molecule has 0 unspecified atom stereocenters. The highest BCUT2D eigenvalue weighted by Gasteiger charge is 2.44. The first-order valence-electron chi connectivity index (χ1n) is 8.41. The number of aryl methyl sites for hydroxylation is 1. The smallest absolute Gasteiger partial charge is 0.223 e. The van der Waals surface area contributed by atoms with Crippen LogP contribution >= 0.6 is 0 Å². The van der Waals surface area contributed by atoms with Crippen molar-refractivity contribution >= 4 is 11.8 Å². The first kappa shape index (κ1) is 15.9. The van der Waals surface area contributed by atoms with Crippen molar-refractivity contribution in [2.24, 2.45) is 5.41 Å². The molecule has 0 N–H and O–H groups in total. The monoisotopic (exact) mass is 316 g/mol. The lowest BCUT2D eigenvalue weighted by molar-refractivity contribution is -0.133. The highest BCUT2D eigenvalue weighted by atomic mass is 16.2. The maximum atomic E-state index is 12.4. The number of hydrogen-bond donors (Lipinski definition) is 0. The molecule has 6 heteroatoms. The van der Waals surface area contributed by atoms with Crippen LogP contribution in [0.3, 0.4) is 0 Å². The molecule has 2 saturated heterocycles. The summed E-state index contributed by atoms with van der Waals surface area (Å²) in [5.74, 6) is 0.469. The van der Waals surface area contributed by atoms with Crippen LogP contribution in [0.5, 0.6) is 0 Å². The van der Waals surface area contributed by atoms with E-state index in [9.17, 15) is 9.59 Å². The van der Waals surface area contributed by atoms with Crippen molar-refractivity contribution in [3.8, 4) is 0 Å². The van der Waals surface area contributed by atoms with Crippen LogP contribution in [0.25, 0.3) is 0 Å². The second-order valence-electron chi connectivity index (χ2n) is 6.71. The predicted octanol–water partition coefficient (Wildman–Crippen LogP) is 1.27. The molecule has 2 aliphatic heterocycles. The summed E-state index contributed by atoms with van der Waals surface area (Å²) >= 11 is 0. The average molecular weight is 316 g/mol. The Kier molecular flexibility index (Phi) is 4.59. The molecule has 0 radical (unpaired) electrons. The lowest BCUT2D eigenvalue weighted by Gasteiger charge is -2.38. The Labute approximate surface area is 136 Å². The summed E-state index contributed by atoms with van der Waals surface area (Å²) in [7, 11) is 0. The number of carbonyl (C=O) groups excluding carboxylic acids is 2. The fraction of sp³-hybridized carbons (Fsp3) is 0.647. The van der Waals surface area contributed by atoms with E-state index < -0.39 is 0 Å². The predicted molar refractivity (Wildman–Crippen MR) is 85.5 cm³/mol. The number of piperidine rings is 1. The van der Waals surface area contributed by atoms with E-state index in [1.54, 1.807) is 12.4 Å². The van der Waals surface area contributed by atoms with Gasteiger partial charge in [0.2, 0.25) is 11.8 Å². The minimum absolute atomic E-state index is 0.108. The topological polar surface area (TPSA) is 66.4 Å². The number of likely N-dealkylation sites (tertiary alicyclic amines) is 2. The standard InChI is InChI=1S/C17H24N4O2/c1-2-20-12-17(9-16(20)23)5-7-21(8-6-17)15(22)4-3-14-10-18-13-19-11-14/h10-11,13H,2-9,12H2,1H3. The summed E-state index contributed by atoms with van der Waals surface area (Å²) in [6, 6.07) is 0. The van der Waals surface area contributed by atoms with Gasteiger partial charge in [-0.15, -0.1) is 0 Å². The van der Waals surface area contributed by atoms with Gasteiger partial charge in [-0.25, -0.2) is 9.97 Å². The summed E-state index contributed by atoms with van der Waals surface area (Å²) in [6.45, 7) is 5.24. The fourth-order valence-corrected chi connectivity index (χ4v) is 3.70. The summed E-state index contributed by atoms with van der Waals surface area (Å²) in [5.41, 5.74) is 1.10. The molecule has 23 heavy (non-hydrogen) atoms. The molecule has 2 aliphatic rings. The molecule has 6 nitrogen and oxygen atoms in total. The molecule has 2 amide bonds. The van der Waals surface area contributed by atoms with E-state index in [0.717, 1.165) is 44.6 Å². The molecule has 2 fully saturated rings. The van der Waals surface area contributed by atoms with Crippen LogP contribution < -0.4 is 0 Å². The number of carbonyl (C=O) groups is 2. The fourth-order valence-electron chi connectivity index (χ4n) is 3.70. The van der Waals surface area contributed by atoms with Gasteiger partial charge in [-0.3, -0.25) is 9.59 Å². The second-order valence-corrected chi connectivity index (χ2v) is 6.71. The van der Waals surface area contributed by atoms with Gasteiger partial charge in [0.1, 0.15) is 6.33 Å². The Balaban J connectivity index is 1.49. The summed E-state index contributed by atoms with van der Waals surface area (Å²) in [5, 5.41) is 0. The SMILES string of the molecule is CCN1CC2(CCN(C(=O)CCc3cncnc3)CC2)CC1=O. The molecule has 1 aromatic heterocycles. The van der Waals surface area contributed by atoms with Crippen molar-refractivity contribution in [2.75, 3.05) is 26.2 Å². The molecular weight excluding hydrogens is 292 g/mol. The highest BCUT2D eigenvalue weighted by Crippen LogP contribution is 2.40. The number of nitrogens with zero attached hydrogens (tertiary/aromatic N) is 4. The van der Waals surface area contributed by atoms with Gasteiger partial charge >= 0.3 is 0 Å². The molecule has 0 aliphatic carbocycles. The quantitative estimate of drug-likeness (QED) is 0.839. The lowest BCUT2D eigenvalue weighted by Crippen LogP contribution is -2.44. The van der Waals surface area contributed by atoms with Crippen LogP contribution in [0.15, 0.2) is 18.7 Å². The Morgan fingerprint density at radius 3 is 2.57 bits per heavy atom. The molecule has 0 saturated carbocycles. The highest BCUT2D eigenvalue weighted by molar-refractivity contribution is 5.80. The number of amides is 2. The largest absolute Gasteiger partial charge is 0.343 e. The third-order valence-electron chi connectivity index (χ3n) is 5.21. The third-order valence-corrected chi connectivity index (χ3v) is 5.21. The molecule has 3 rings (SSSR count). The van der Waals surface area contributed by atoms with Crippen LogP contribution in [-0.2, 0) is 16.0 Å². The van der Waals surface area contributed by atoms with Crippen LogP contribution in [0.2, 0.25) is 0 Å². The van der Waals surface area contributed by atoms with Gasteiger partial charge in [-0.05, 0) is 31.7 Å². The van der Waals surface area contributed by atoms with Crippen molar-refractivity contribution < 1.29 is 9.59 Å². The van der Waals surface area contributed by atoms with Gasteiger partial charge in [0.05, 0.1) is 0 Å². The molecule has 1 spiro atoms. The van der Waals surface area contributed by atoms with Crippen molar-refractivity contribution in [3.05, 3.63) is 24.3 Å². The van der Waals surface area contributed by atoms with Gasteiger partial charge in [0, 0.05) is 56.8 Å². The van der Waals surface area contributed by atoms with E-state index >= 15 is 0 Å². The minimum atomic E-state index is 0.108. The summed E-state index contributed by atoms with van der Waals surface area (Å²) in [6.07, 6.45) is 8.74. The molecule has 0 aromatic carbocycles. The van der Waals surface area contributed by atoms with E-state index in [1.165, 1.54) is 6.33 Å². The lowest BCUT2D eigenvalue weighted by atomic mass is 9.77. The molecule has 0 atom stereocenters. The van der Waals surface area contributed by atoms with Gasteiger partial charge in [0.15, 0.2) is 0 Å². The molecule has 3 heterocycles. The number of rotatable bonds is 4. The van der Waals surface area contributed by atoms with Gasteiger partial charge in [-0.2, -0.15) is 0 Å². The van der Waals surface area contributed by atoms with Crippen molar-refractivity contribution in [3.63, 3.8) is 0 Å². The Morgan fingerprint density at radius 2 is 1.96 bits per heavy atom. The van der Waals surface area contributed by atoms with Gasteiger partial charge in [0.25, 0.3) is 0 Å². The van der Waals surface area contributed by atoms with Gasteiger partial charge in [-0.1, -0.05) is 0 Å². The molecule has 124 valence electrons. The van der Waals surface area contributed by atoms with E-state index in [1.807, 2.05) is 16.7 Å². The first-order valence-corrected chi connectivity index (χ1v) is 8.41. The van der Waals surface area contributed by atoms with Crippen LogP contribution in [0.4, 0.5) is 0 Å². The Morgan fingerprint density at radius 1 is 1.26 bits per heavy atom. The van der Waals surface area contributed by atoms with E-state index in [4.69, 9.17) is 0 Å². The van der Waals surface area contributed by atoms with E-state index in [0.29, 0.717) is 19.3 Å². The van der Waals surface area contributed by atoms with Crippen molar-refractivity contribution in [2.45, 2.75) is 39.0 Å². The zero-order valence-electron chi connectivity index (χ0n) is 13.7. The zero-order valence-corrected chi connectivity index (χ0v) is 13.7. The first-order chi connectivity index (χ1) is 11.1. The van der Waals surface area contributed by atoms with Crippen LogP contribution in [0, 0.1) is 5.41 Å². The van der Waals surface area contributed by atoms with Crippen LogP contribution in [0.1, 0.15) is 38.2 Å². The van der Waals surface area contributed by atoms with Crippen molar-refractivity contribution in [1.29, 1.82) is 0 Å². The molecule has 1 aromatic rings. The van der Waals surface area contributed by atoms with Crippen molar-refractivity contribution in [1.82, 2.24) is 19.8 Å². The Bertz CT molecular complexity index is 567. The van der Waals surface area contributed by atoms with E-state index in [2.05, 4.69) is 9.97 Å². The summed E-state index contributed by atoms with van der Waals surface area (Å²) in [4.78, 5) is 36.2. The molecule has 0 bridgehead atoms. The van der Waals surface area contributed by atoms with E-state index in [-0.39, 0.29) is 17.2 Å². The van der Waals surface area contributed by atoms with Gasteiger partial charge < -0.3 is 9.80 Å².